The van der Waals surface area contributed by atoms with Gasteiger partial charge in [-0.25, -0.2) is 9.59 Å². The summed E-state index contributed by atoms with van der Waals surface area (Å²) < 4.78 is 11.5. The smallest absolute Gasteiger partial charge is 0.335 e. The summed E-state index contributed by atoms with van der Waals surface area (Å²) in [5.41, 5.74) is -0.407. The van der Waals surface area contributed by atoms with Gasteiger partial charge in [0.2, 0.25) is 0 Å². The van der Waals surface area contributed by atoms with Crippen LogP contribution in [0.5, 0.6) is 11.5 Å². The van der Waals surface area contributed by atoms with Gasteiger partial charge in [0.05, 0.1) is 37.2 Å². The fraction of sp³-hybridized carbons (Fsp3) is 0.167. The zero-order valence-electron chi connectivity index (χ0n) is 14.1. The van der Waals surface area contributed by atoms with E-state index in [1.807, 2.05) is 0 Å². The van der Waals surface area contributed by atoms with Gasteiger partial charge in [0.25, 0.3) is 5.56 Å². The predicted molar refractivity (Wildman–Crippen MR) is 94.4 cm³/mol. The Balaban J connectivity index is 2.15. The van der Waals surface area contributed by atoms with Gasteiger partial charge in [-0.2, -0.15) is 0 Å². The number of carbonyl (C=O) groups is 1. The minimum atomic E-state index is -1.14. The second-order valence-electron chi connectivity index (χ2n) is 5.56. The highest BCUT2D eigenvalue weighted by Gasteiger charge is 2.13. The van der Waals surface area contributed by atoms with Crippen molar-refractivity contribution in [3.05, 3.63) is 68.4 Å². The first-order valence-corrected chi connectivity index (χ1v) is 7.65. The van der Waals surface area contributed by atoms with Crippen LogP contribution in [-0.2, 0) is 6.54 Å². The van der Waals surface area contributed by atoms with Gasteiger partial charge in [0, 0.05) is 5.56 Å². The Bertz CT molecular complexity index is 1110. The van der Waals surface area contributed by atoms with Crippen LogP contribution in [0.4, 0.5) is 0 Å². The third-order valence-corrected chi connectivity index (χ3v) is 4.04. The Labute approximate surface area is 147 Å². The van der Waals surface area contributed by atoms with E-state index in [4.69, 9.17) is 14.6 Å². The quantitative estimate of drug-likeness (QED) is 0.716. The number of methoxy groups -OCH3 is 2. The van der Waals surface area contributed by atoms with Crippen molar-refractivity contribution < 1.29 is 19.4 Å². The number of benzene rings is 2. The molecule has 0 amide bonds. The van der Waals surface area contributed by atoms with Crippen LogP contribution in [0.15, 0.2) is 46.0 Å². The number of aromatic carboxylic acids is 1. The van der Waals surface area contributed by atoms with E-state index in [0.29, 0.717) is 17.1 Å². The molecule has 1 aromatic heterocycles. The van der Waals surface area contributed by atoms with E-state index in [2.05, 4.69) is 4.98 Å². The molecular weight excluding hydrogens is 340 g/mol. The summed E-state index contributed by atoms with van der Waals surface area (Å²) in [6.45, 7) is -0.0227. The maximum Gasteiger partial charge on any atom is 0.335 e. The van der Waals surface area contributed by atoms with Crippen LogP contribution in [0.2, 0.25) is 0 Å². The lowest BCUT2D eigenvalue weighted by Crippen LogP contribution is -2.35. The van der Waals surface area contributed by atoms with Crippen LogP contribution in [0, 0.1) is 0 Å². The second-order valence-corrected chi connectivity index (χ2v) is 5.56. The van der Waals surface area contributed by atoms with Crippen molar-refractivity contribution in [3.8, 4) is 11.5 Å². The van der Waals surface area contributed by atoms with Gasteiger partial charge in [0.15, 0.2) is 0 Å². The lowest BCUT2D eigenvalue weighted by atomic mass is 10.1. The number of aromatic nitrogens is 2. The molecule has 0 saturated heterocycles. The number of carboxylic acid groups (broad SMARTS) is 1. The average molecular weight is 356 g/mol. The third kappa shape index (κ3) is 3.04. The van der Waals surface area contributed by atoms with Crippen LogP contribution in [0.3, 0.4) is 0 Å². The van der Waals surface area contributed by atoms with Crippen molar-refractivity contribution in [2.75, 3.05) is 14.2 Å². The van der Waals surface area contributed by atoms with Gasteiger partial charge < -0.3 is 19.6 Å². The molecule has 1 heterocycles. The Morgan fingerprint density at radius 2 is 1.88 bits per heavy atom. The van der Waals surface area contributed by atoms with E-state index in [0.717, 1.165) is 4.57 Å². The van der Waals surface area contributed by atoms with Crippen LogP contribution in [-0.4, -0.2) is 34.8 Å². The molecule has 0 aliphatic carbocycles. The van der Waals surface area contributed by atoms with Gasteiger partial charge >= 0.3 is 11.7 Å². The Kier molecular flexibility index (Phi) is 4.49. The molecule has 26 heavy (non-hydrogen) atoms. The van der Waals surface area contributed by atoms with Crippen LogP contribution in [0.1, 0.15) is 15.9 Å². The normalized spacial score (nSPS) is 10.7. The van der Waals surface area contributed by atoms with E-state index >= 15 is 0 Å². The summed E-state index contributed by atoms with van der Waals surface area (Å²) in [5.74, 6) is -0.0615. The molecule has 0 unspecified atom stereocenters. The van der Waals surface area contributed by atoms with Crippen LogP contribution < -0.4 is 20.7 Å². The molecule has 2 N–H and O–H groups in total. The number of rotatable bonds is 5. The van der Waals surface area contributed by atoms with Crippen molar-refractivity contribution in [3.63, 3.8) is 0 Å². The maximum atomic E-state index is 12.7. The molecular formula is C18H16N2O6. The topological polar surface area (TPSA) is 111 Å². The molecule has 0 fully saturated rings. The zero-order chi connectivity index (χ0) is 18.8. The second kappa shape index (κ2) is 6.75. The molecule has 8 heteroatoms. The molecule has 0 aliphatic heterocycles. The largest absolute Gasteiger partial charge is 0.497 e. The van der Waals surface area contributed by atoms with Crippen LogP contribution in [0.25, 0.3) is 10.9 Å². The van der Waals surface area contributed by atoms with Crippen molar-refractivity contribution in [2.45, 2.75) is 6.54 Å². The van der Waals surface area contributed by atoms with Gasteiger partial charge in [-0.05, 0) is 36.4 Å². The van der Waals surface area contributed by atoms with Gasteiger partial charge in [-0.3, -0.25) is 9.36 Å². The summed E-state index contributed by atoms with van der Waals surface area (Å²) in [7, 11) is 3.01. The van der Waals surface area contributed by atoms with Crippen molar-refractivity contribution in [1.29, 1.82) is 0 Å². The molecule has 0 spiro atoms. The fourth-order valence-corrected chi connectivity index (χ4v) is 2.71. The molecule has 3 aromatic rings. The molecule has 0 atom stereocenters. The van der Waals surface area contributed by atoms with E-state index < -0.39 is 17.2 Å². The van der Waals surface area contributed by atoms with Gasteiger partial charge in [0.1, 0.15) is 11.5 Å². The molecule has 3 rings (SSSR count). The summed E-state index contributed by atoms with van der Waals surface area (Å²) in [5, 5.41) is 9.26. The minimum Gasteiger partial charge on any atom is -0.497 e. The molecule has 0 radical (unpaired) electrons. The van der Waals surface area contributed by atoms with Crippen LogP contribution >= 0.6 is 0 Å². The Morgan fingerprint density at radius 3 is 2.54 bits per heavy atom. The molecule has 134 valence electrons. The number of hydrogen-bond acceptors (Lipinski definition) is 5. The molecule has 2 aromatic carbocycles. The highest BCUT2D eigenvalue weighted by atomic mass is 16.5. The summed E-state index contributed by atoms with van der Waals surface area (Å²) in [6.07, 6.45) is 0. The predicted octanol–water partition coefficient (Wildman–Crippen LogP) is 1.45. The standard InChI is InChI=1S/C18H16N2O6/c1-25-12-4-6-15(26-2)11(7-12)9-20-16(21)13-5-3-10(17(22)23)8-14(13)19-18(20)24/h3-8H,9H2,1-2H3,(H,19,24)(H,22,23). The number of nitrogens with one attached hydrogen (secondary N) is 1. The third-order valence-electron chi connectivity index (χ3n) is 4.04. The Morgan fingerprint density at radius 1 is 1.12 bits per heavy atom. The number of hydrogen-bond donors (Lipinski definition) is 2. The number of carboxylic acids is 1. The van der Waals surface area contributed by atoms with Gasteiger partial charge in [-0.1, -0.05) is 0 Å². The molecule has 8 nitrogen and oxygen atoms in total. The van der Waals surface area contributed by atoms with Crippen molar-refractivity contribution in [2.24, 2.45) is 0 Å². The highest BCUT2D eigenvalue weighted by molar-refractivity contribution is 5.92. The van der Waals surface area contributed by atoms with E-state index in [1.165, 1.54) is 32.4 Å². The first kappa shape index (κ1) is 17.3. The number of aromatic amines is 1. The van der Waals surface area contributed by atoms with Crippen molar-refractivity contribution in [1.82, 2.24) is 9.55 Å². The van der Waals surface area contributed by atoms with Gasteiger partial charge in [-0.15, -0.1) is 0 Å². The first-order valence-electron chi connectivity index (χ1n) is 7.65. The average Bonchev–Trinajstić information content (AvgIpc) is 2.64. The number of ether oxygens (including phenoxy) is 2. The maximum absolute atomic E-state index is 12.7. The number of nitrogens with zero attached hydrogens (tertiary/aromatic N) is 1. The van der Waals surface area contributed by atoms with Crippen molar-refractivity contribution >= 4 is 16.9 Å². The van der Waals surface area contributed by atoms with E-state index in [-0.39, 0.29) is 23.0 Å². The minimum absolute atomic E-state index is 0.0141. The van der Waals surface area contributed by atoms with E-state index in [9.17, 15) is 14.4 Å². The molecule has 0 saturated carbocycles. The molecule has 0 aliphatic rings. The fourth-order valence-electron chi connectivity index (χ4n) is 2.71. The zero-order valence-corrected chi connectivity index (χ0v) is 14.1. The van der Waals surface area contributed by atoms with E-state index in [1.54, 1.807) is 18.2 Å². The highest BCUT2D eigenvalue weighted by Crippen LogP contribution is 2.24. The first-order chi connectivity index (χ1) is 12.4. The summed E-state index contributed by atoms with van der Waals surface area (Å²) in [4.78, 5) is 38.7. The summed E-state index contributed by atoms with van der Waals surface area (Å²) in [6, 6.07) is 9.05. The Hall–Kier alpha value is -3.55. The number of fused-ring (bicyclic) bond motifs is 1. The lowest BCUT2D eigenvalue weighted by Gasteiger charge is -2.12. The summed E-state index contributed by atoms with van der Waals surface area (Å²) >= 11 is 0. The molecule has 0 bridgehead atoms. The number of H-pyrrole nitrogens is 1. The monoisotopic (exact) mass is 356 g/mol. The lowest BCUT2D eigenvalue weighted by molar-refractivity contribution is 0.0697. The SMILES string of the molecule is COc1ccc(OC)c(Cn2c(=O)[nH]c3cc(C(=O)O)ccc3c2=O)c1.